The van der Waals surface area contributed by atoms with Gasteiger partial charge in [0.05, 0.1) is 11.1 Å². The lowest BCUT2D eigenvalue weighted by molar-refractivity contribution is 0.170. The Balaban J connectivity index is 2.31. The van der Waals surface area contributed by atoms with Crippen molar-refractivity contribution >= 4 is 11.6 Å². The largest absolute Gasteiger partial charge is 0.388 e. The van der Waals surface area contributed by atoms with Gasteiger partial charge in [-0.2, -0.15) is 0 Å². The number of aliphatic hydroxyl groups excluding tert-OH is 1. The minimum atomic E-state index is -1.67. The van der Waals surface area contributed by atoms with Crippen LogP contribution in [0.15, 0.2) is 30.3 Å². The summed E-state index contributed by atoms with van der Waals surface area (Å²) in [6, 6.07) is 5.77. The van der Waals surface area contributed by atoms with Crippen molar-refractivity contribution in [3.8, 4) is 0 Å². The molecule has 0 radical (unpaired) electrons. The predicted octanol–water partition coefficient (Wildman–Crippen LogP) is 4.17. The Labute approximate surface area is 117 Å². The van der Waals surface area contributed by atoms with Crippen LogP contribution in [0.2, 0.25) is 5.02 Å². The van der Waals surface area contributed by atoms with Crippen LogP contribution in [-0.4, -0.2) is 5.11 Å². The summed E-state index contributed by atoms with van der Waals surface area (Å²) in [6.07, 6.45) is -1.83. The van der Waals surface area contributed by atoms with E-state index in [2.05, 4.69) is 0 Å². The Hall–Kier alpha value is -1.59. The molecule has 0 bridgehead atoms. The van der Waals surface area contributed by atoms with Gasteiger partial charge in [0.25, 0.3) is 0 Å². The molecule has 0 aromatic heterocycles. The van der Waals surface area contributed by atoms with Crippen molar-refractivity contribution in [1.82, 2.24) is 0 Å². The van der Waals surface area contributed by atoms with Gasteiger partial charge in [-0.25, -0.2) is 17.6 Å². The van der Waals surface area contributed by atoms with E-state index in [1.54, 1.807) is 0 Å². The number of aliphatic hydroxyl groups is 1. The highest BCUT2D eigenvalue weighted by atomic mass is 35.5. The number of halogens is 5. The van der Waals surface area contributed by atoms with Gasteiger partial charge in [0.1, 0.15) is 5.82 Å². The second kappa shape index (κ2) is 5.81. The minimum Gasteiger partial charge on any atom is -0.388 e. The second-order valence-corrected chi connectivity index (χ2v) is 4.60. The van der Waals surface area contributed by atoms with Crippen LogP contribution in [-0.2, 0) is 6.42 Å². The molecule has 0 fully saturated rings. The lowest BCUT2D eigenvalue weighted by atomic mass is 10.0. The van der Waals surface area contributed by atoms with Crippen molar-refractivity contribution in [1.29, 1.82) is 0 Å². The molecule has 0 saturated heterocycles. The van der Waals surface area contributed by atoms with Gasteiger partial charge in [0, 0.05) is 12.0 Å². The zero-order valence-electron chi connectivity index (χ0n) is 10.0. The molecule has 1 nitrogen and oxygen atoms in total. The summed E-state index contributed by atoms with van der Waals surface area (Å²) in [4.78, 5) is 0. The van der Waals surface area contributed by atoms with Crippen LogP contribution in [0.1, 0.15) is 17.2 Å². The van der Waals surface area contributed by atoms with E-state index in [1.807, 2.05) is 0 Å². The Morgan fingerprint density at radius 2 is 1.65 bits per heavy atom. The van der Waals surface area contributed by atoms with Gasteiger partial charge >= 0.3 is 0 Å². The Kier molecular flexibility index (Phi) is 4.30. The molecule has 1 unspecified atom stereocenters. The Bertz CT molecular complexity index is 645. The van der Waals surface area contributed by atoms with Crippen molar-refractivity contribution in [2.24, 2.45) is 0 Å². The van der Waals surface area contributed by atoms with Gasteiger partial charge in [-0.3, -0.25) is 0 Å². The highest BCUT2D eigenvalue weighted by Gasteiger charge is 2.20. The van der Waals surface area contributed by atoms with E-state index in [4.69, 9.17) is 11.6 Å². The van der Waals surface area contributed by atoms with Crippen LogP contribution in [0.25, 0.3) is 0 Å². The van der Waals surface area contributed by atoms with Crippen molar-refractivity contribution in [2.45, 2.75) is 12.5 Å². The smallest absolute Gasteiger partial charge is 0.194 e. The zero-order valence-corrected chi connectivity index (χ0v) is 10.8. The van der Waals surface area contributed by atoms with Gasteiger partial charge in [0.15, 0.2) is 17.5 Å². The summed E-state index contributed by atoms with van der Waals surface area (Å²) in [5.74, 6) is -5.25. The average Bonchev–Trinajstić information content (AvgIpc) is 2.41. The summed E-state index contributed by atoms with van der Waals surface area (Å²) in [5.41, 5.74) is -0.391. The lowest BCUT2D eigenvalue weighted by Gasteiger charge is -2.13. The van der Waals surface area contributed by atoms with Crippen LogP contribution in [0.5, 0.6) is 0 Å². The number of benzene rings is 2. The quantitative estimate of drug-likeness (QED) is 0.666. The first kappa shape index (κ1) is 14.8. The highest BCUT2D eigenvalue weighted by Crippen LogP contribution is 2.27. The molecule has 1 atom stereocenters. The summed E-state index contributed by atoms with van der Waals surface area (Å²) >= 11 is 5.58. The molecule has 0 spiro atoms. The molecule has 0 amide bonds. The maximum absolute atomic E-state index is 13.7. The van der Waals surface area contributed by atoms with Crippen LogP contribution >= 0.6 is 11.6 Å². The topological polar surface area (TPSA) is 20.2 Å². The monoisotopic (exact) mass is 304 g/mol. The van der Waals surface area contributed by atoms with E-state index in [0.717, 1.165) is 6.07 Å². The van der Waals surface area contributed by atoms with E-state index in [9.17, 15) is 22.7 Å². The first-order valence-corrected chi connectivity index (χ1v) is 6.04. The van der Waals surface area contributed by atoms with Crippen molar-refractivity contribution in [3.05, 3.63) is 69.8 Å². The minimum absolute atomic E-state index is 0.0501. The molecule has 0 saturated carbocycles. The molecule has 6 heteroatoms. The van der Waals surface area contributed by atoms with Gasteiger partial charge in [-0.1, -0.05) is 29.8 Å². The van der Waals surface area contributed by atoms with Crippen LogP contribution in [0.4, 0.5) is 17.6 Å². The first-order chi connectivity index (χ1) is 9.41. The van der Waals surface area contributed by atoms with Crippen molar-refractivity contribution in [3.63, 3.8) is 0 Å². The number of rotatable bonds is 3. The molecule has 2 aromatic rings. The molecular formula is C14H9ClF4O. The van der Waals surface area contributed by atoms with E-state index >= 15 is 0 Å². The van der Waals surface area contributed by atoms with E-state index in [1.165, 1.54) is 18.2 Å². The molecule has 1 N–H and O–H groups in total. The molecule has 0 aliphatic carbocycles. The highest BCUT2D eigenvalue weighted by molar-refractivity contribution is 6.30. The molecule has 106 valence electrons. The second-order valence-electron chi connectivity index (χ2n) is 4.20. The standard InChI is InChI=1S/C14H9ClF4O/c15-9-3-1-2-7(12(9)17)6-11(20)8-4-5-10(16)14(19)13(8)18/h1-5,11,20H,6H2. The fourth-order valence-electron chi connectivity index (χ4n) is 1.82. The molecule has 0 aliphatic heterocycles. The molecule has 20 heavy (non-hydrogen) atoms. The normalized spacial score (nSPS) is 12.5. The summed E-state index contributed by atoms with van der Waals surface area (Å²) in [6.45, 7) is 0. The summed E-state index contributed by atoms with van der Waals surface area (Å²) < 4.78 is 53.0. The van der Waals surface area contributed by atoms with Crippen molar-refractivity contribution in [2.75, 3.05) is 0 Å². The lowest BCUT2D eigenvalue weighted by Crippen LogP contribution is -2.08. The Morgan fingerprint density at radius 1 is 0.950 bits per heavy atom. The number of hydrogen-bond donors (Lipinski definition) is 1. The molecule has 0 aliphatic rings. The summed E-state index contributed by atoms with van der Waals surface area (Å²) in [7, 11) is 0. The van der Waals surface area contributed by atoms with Crippen LogP contribution < -0.4 is 0 Å². The van der Waals surface area contributed by atoms with Crippen LogP contribution in [0, 0.1) is 23.3 Å². The van der Waals surface area contributed by atoms with Crippen molar-refractivity contribution < 1.29 is 22.7 Å². The Morgan fingerprint density at radius 3 is 2.35 bits per heavy atom. The molecule has 2 rings (SSSR count). The van der Waals surface area contributed by atoms with E-state index in [-0.39, 0.29) is 17.0 Å². The van der Waals surface area contributed by atoms with Gasteiger partial charge in [-0.15, -0.1) is 0 Å². The van der Waals surface area contributed by atoms with E-state index in [0.29, 0.717) is 6.07 Å². The molecule has 2 aromatic carbocycles. The first-order valence-electron chi connectivity index (χ1n) is 5.66. The zero-order chi connectivity index (χ0) is 14.9. The third-order valence-corrected chi connectivity index (χ3v) is 3.16. The fraction of sp³-hybridized carbons (Fsp3) is 0.143. The van der Waals surface area contributed by atoms with Gasteiger partial charge < -0.3 is 5.11 Å². The maximum atomic E-state index is 13.7. The molecular weight excluding hydrogens is 296 g/mol. The summed E-state index contributed by atoms with van der Waals surface area (Å²) in [5, 5.41) is 9.71. The van der Waals surface area contributed by atoms with Gasteiger partial charge in [0.2, 0.25) is 0 Å². The third-order valence-electron chi connectivity index (χ3n) is 2.87. The van der Waals surface area contributed by atoms with Gasteiger partial charge in [-0.05, 0) is 17.7 Å². The average molecular weight is 305 g/mol. The van der Waals surface area contributed by atoms with E-state index < -0.39 is 34.9 Å². The molecule has 0 heterocycles. The van der Waals surface area contributed by atoms with Crippen LogP contribution in [0.3, 0.4) is 0 Å². The maximum Gasteiger partial charge on any atom is 0.194 e. The fourth-order valence-corrected chi connectivity index (χ4v) is 2.02. The SMILES string of the molecule is OC(Cc1cccc(Cl)c1F)c1ccc(F)c(F)c1F. The number of hydrogen-bond acceptors (Lipinski definition) is 1. The predicted molar refractivity (Wildman–Crippen MR) is 66.4 cm³/mol. The third kappa shape index (κ3) is 2.78.